The van der Waals surface area contributed by atoms with Crippen molar-refractivity contribution in [2.75, 3.05) is 0 Å². The average molecular weight is 335 g/mol. The molecule has 0 radical (unpaired) electrons. The Morgan fingerprint density at radius 2 is 2.04 bits per heavy atom. The second-order valence-electron chi connectivity index (χ2n) is 5.74. The van der Waals surface area contributed by atoms with E-state index < -0.39 is 0 Å². The van der Waals surface area contributed by atoms with Gasteiger partial charge in [-0.3, -0.25) is 4.98 Å². The fourth-order valence-corrected chi connectivity index (χ4v) is 3.72. The number of thiophene rings is 1. The SMILES string of the molecule is CCc1cc2c(-n3nc(C)cc3C)nc(-c3cccnc3)nc2s1. The van der Waals surface area contributed by atoms with E-state index in [1.54, 1.807) is 23.7 Å². The Morgan fingerprint density at radius 3 is 2.71 bits per heavy atom. The van der Waals surface area contributed by atoms with Crippen LogP contribution in [-0.2, 0) is 6.42 Å². The third-order valence-electron chi connectivity index (χ3n) is 3.90. The van der Waals surface area contributed by atoms with Crippen molar-refractivity contribution in [1.82, 2.24) is 24.7 Å². The lowest BCUT2D eigenvalue weighted by atomic mass is 10.2. The van der Waals surface area contributed by atoms with Gasteiger partial charge in [0.15, 0.2) is 11.6 Å². The number of fused-ring (bicyclic) bond motifs is 1. The summed E-state index contributed by atoms with van der Waals surface area (Å²) in [6.45, 7) is 6.20. The number of rotatable bonds is 3. The van der Waals surface area contributed by atoms with Crippen molar-refractivity contribution in [3.8, 4) is 17.2 Å². The van der Waals surface area contributed by atoms with Crippen LogP contribution in [0.4, 0.5) is 0 Å². The number of aryl methyl sites for hydroxylation is 3. The molecule has 0 unspecified atom stereocenters. The van der Waals surface area contributed by atoms with Gasteiger partial charge in [0, 0.05) is 28.5 Å². The van der Waals surface area contributed by atoms with E-state index in [0.717, 1.165) is 39.4 Å². The molecule has 0 spiro atoms. The molecule has 0 bridgehead atoms. The van der Waals surface area contributed by atoms with Gasteiger partial charge in [0.05, 0.1) is 11.1 Å². The van der Waals surface area contributed by atoms with Gasteiger partial charge >= 0.3 is 0 Å². The highest BCUT2D eigenvalue weighted by Crippen LogP contribution is 2.31. The first-order chi connectivity index (χ1) is 11.7. The molecule has 24 heavy (non-hydrogen) atoms. The van der Waals surface area contributed by atoms with Crippen LogP contribution in [0.2, 0.25) is 0 Å². The molecule has 0 N–H and O–H groups in total. The summed E-state index contributed by atoms with van der Waals surface area (Å²) in [6, 6.07) is 8.12. The lowest BCUT2D eigenvalue weighted by Gasteiger charge is -2.07. The molecule has 5 nitrogen and oxygen atoms in total. The van der Waals surface area contributed by atoms with Crippen LogP contribution >= 0.6 is 11.3 Å². The summed E-state index contributed by atoms with van der Waals surface area (Å²) in [4.78, 5) is 16.1. The predicted molar refractivity (Wildman–Crippen MR) is 96.6 cm³/mol. The second kappa shape index (κ2) is 5.79. The first-order valence-electron chi connectivity index (χ1n) is 7.90. The topological polar surface area (TPSA) is 56.5 Å². The smallest absolute Gasteiger partial charge is 0.166 e. The standard InChI is InChI=1S/C18H17N5S/c1-4-14-9-15-17(23-12(3)8-11(2)22-23)20-16(21-18(15)24-14)13-6-5-7-19-10-13/h5-10H,4H2,1-3H3. The van der Waals surface area contributed by atoms with Crippen molar-refractivity contribution in [2.45, 2.75) is 27.2 Å². The molecule has 0 saturated heterocycles. The Hall–Kier alpha value is -2.60. The van der Waals surface area contributed by atoms with Crippen LogP contribution in [0.3, 0.4) is 0 Å². The lowest BCUT2D eigenvalue weighted by molar-refractivity contribution is 0.812. The van der Waals surface area contributed by atoms with Crippen molar-refractivity contribution in [2.24, 2.45) is 0 Å². The first-order valence-corrected chi connectivity index (χ1v) is 8.72. The van der Waals surface area contributed by atoms with Crippen LogP contribution < -0.4 is 0 Å². The van der Waals surface area contributed by atoms with Gasteiger partial charge < -0.3 is 0 Å². The van der Waals surface area contributed by atoms with Crippen molar-refractivity contribution in [1.29, 1.82) is 0 Å². The molecular formula is C18H17N5S. The van der Waals surface area contributed by atoms with E-state index >= 15 is 0 Å². The van der Waals surface area contributed by atoms with Gasteiger partial charge in [-0.25, -0.2) is 14.6 Å². The van der Waals surface area contributed by atoms with Crippen molar-refractivity contribution >= 4 is 21.6 Å². The normalized spacial score (nSPS) is 11.3. The molecule has 120 valence electrons. The molecule has 4 rings (SSSR count). The fraction of sp³-hybridized carbons (Fsp3) is 0.222. The van der Waals surface area contributed by atoms with Gasteiger partial charge in [-0.05, 0) is 44.5 Å². The van der Waals surface area contributed by atoms with Gasteiger partial charge in [-0.2, -0.15) is 5.10 Å². The number of hydrogen-bond acceptors (Lipinski definition) is 5. The zero-order valence-electron chi connectivity index (χ0n) is 13.8. The van der Waals surface area contributed by atoms with Crippen LogP contribution in [0.25, 0.3) is 27.4 Å². The number of nitrogens with zero attached hydrogens (tertiary/aromatic N) is 5. The van der Waals surface area contributed by atoms with Gasteiger partial charge in [0.2, 0.25) is 0 Å². The van der Waals surface area contributed by atoms with Crippen LogP contribution in [-0.4, -0.2) is 24.7 Å². The third-order valence-corrected chi connectivity index (χ3v) is 5.08. The second-order valence-corrected chi connectivity index (χ2v) is 6.85. The predicted octanol–water partition coefficient (Wildman–Crippen LogP) is 4.12. The number of aromatic nitrogens is 5. The van der Waals surface area contributed by atoms with Crippen molar-refractivity contribution in [3.05, 3.63) is 52.9 Å². The summed E-state index contributed by atoms with van der Waals surface area (Å²) < 4.78 is 1.91. The van der Waals surface area contributed by atoms with Crippen LogP contribution in [0.15, 0.2) is 36.7 Å². The third kappa shape index (κ3) is 2.49. The summed E-state index contributed by atoms with van der Waals surface area (Å²) in [5.41, 5.74) is 2.95. The molecule has 0 aliphatic carbocycles. The molecule has 0 amide bonds. The highest BCUT2D eigenvalue weighted by atomic mass is 32.1. The minimum absolute atomic E-state index is 0.683. The molecule has 4 aromatic rings. The van der Waals surface area contributed by atoms with Gasteiger partial charge in [0.25, 0.3) is 0 Å². The zero-order valence-corrected chi connectivity index (χ0v) is 14.6. The van der Waals surface area contributed by atoms with Gasteiger partial charge in [-0.1, -0.05) is 6.92 Å². The molecule has 6 heteroatoms. The summed E-state index contributed by atoms with van der Waals surface area (Å²) in [7, 11) is 0. The summed E-state index contributed by atoms with van der Waals surface area (Å²) in [5, 5.41) is 5.67. The molecule has 0 atom stereocenters. The fourth-order valence-electron chi connectivity index (χ4n) is 2.76. The Balaban J connectivity index is 2.02. The van der Waals surface area contributed by atoms with Crippen molar-refractivity contribution in [3.63, 3.8) is 0 Å². The van der Waals surface area contributed by atoms with E-state index in [4.69, 9.17) is 9.97 Å². The van der Waals surface area contributed by atoms with E-state index in [1.165, 1.54) is 4.88 Å². The summed E-state index contributed by atoms with van der Waals surface area (Å²) in [6.07, 6.45) is 4.53. The molecule has 0 aliphatic rings. The average Bonchev–Trinajstić information content (AvgIpc) is 3.17. The molecule has 0 aromatic carbocycles. The maximum atomic E-state index is 4.82. The number of pyridine rings is 1. The highest BCUT2D eigenvalue weighted by molar-refractivity contribution is 7.18. The number of hydrogen-bond donors (Lipinski definition) is 0. The Labute approximate surface area is 144 Å². The van der Waals surface area contributed by atoms with E-state index in [0.29, 0.717) is 5.82 Å². The molecule has 0 fully saturated rings. The first kappa shape index (κ1) is 15.0. The maximum absolute atomic E-state index is 4.82. The molecule has 4 aromatic heterocycles. The Morgan fingerprint density at radius 1 is 1.17 bits per heavy atom. The molecular weight excluding hydrogens is 318 g/mol. The highest BCUT2D eigenvalue weighted by Gasteiger charge is 2.16. The summed E-state index contributed by atoms with van der Waals surface area (Å²) >= 11 is 1.71. The summed E-state index contributed by atoms with van der Waals surface area (Å²) in [5.74, 6) is 1.52. The van der Waals surface area contributed by atoms with E-state index in [9.17, 15) is 0 Å². The zero-order chi connectivity index (χ0) is 16.7. The van der Waals surface area contributed by atoms with E-state index in [-0.39, 0.29) is 0 Å². The van der Waals surface area contributed by atoms with Crippen molar-refractivity contribution < 1.29 is 0 Å². The van der Waals surface area contributed by atoms with Gasteiger partial charge in [-0.15, -0.1) is 11.3 Å². The monoisotopic (exact) mass is 335 g/mol. The largest absolute Gasteiger partial charge is 0.264 e. The Bertz CT molecular complexity index is 1020. The minimum atomic E-state index is 0.683. The Kier molecular flexibility index (Phi) is 3.61. The van der Waals surface area contributed by atoms with Crippen LogP contribution in [0.1, 0.15) is 23.2 Å². The van der Waals surface area contributed by atoms with Crippen LogP contribution in [0.5, 0.6) is 0 Å². The maximum Gasteiger partial charge on any atom is 0.166 e. The molecule has 0 aliphatic heterocycles. The quantitative estimate of drug-likeness (QED) is 0.565. The van der Waals surface area contributed by atoms with E-state index in [1.807, 2.05) is 30.7 Å². The van der Waals surface area contributed by atoms with Gasteiger partial charge in [0.1, 0.15) is 4.83 Å². The molecule has 4 heterocycles. The lowest BCUT2D eigenvalue weighted by Crippen LogP contribution is -2.04. The van der Waals surface area contributed by atoms with Crippen LogP contribution in [0, 0.1) is 13.8 Å². The molecule has 0 saturated carbocycles. The van der Waals surface area contributed by atoms with E-state index in [2.05, 4.69) is 29.1 Å². The minimum Gasteiger partial charge on any atom is -0.264 e.